The first kappa shape index (κ1) is 18.4. The van der Waals surface area contributed by atoms with Gasteiger partial charge in [-0.3, -0.25) is 4.79 Å². The normalized spacial score (nSPS) is 12.6. The van der Waals surface area contributed by atoms with E-state index in [0.29, 0.717) is 10.8 Å². The molecule has 0 aliphatic heterocycles. The van der Waals surface area contributed by atoms with Gasteiger partial charge < -0.3 is 5.11 Å². The Morgan fingerprint density at radius 3 is 2.62 bits per heavy atom. The summed E-state index contributed by atoms with van der Waals surface area (Å²) in [6, 6.07) is 0. The van der Waals surface area contributed by atoms with E-state index in [1.807, 2.05) is 0 Å². The minimum atomic E-state index is -3.65. The molecule has 0 amide bonds. The zero-order valence-electron chi connectivity index (χ0n) is 14.4. The van der Waals surface area contributed by atoms with E-state index >= 15 is 0 Å². The number of aromatic nitrogens is 5. The molecule has 3 aromatic heterocycles. The Morgan fingerprint density at radius 2 is 2.08 bits per heavy atom. The summed E-state index contributed by atoms with van der Waals surface area (Å²) in [7, 11) is -3.65. The van der Waals surface area contributed by atoms with Crippen LogP contribution in [-0.2, 0) is 22.0 Å². The third-order valence-corrected chi connectivity index (χ3v) is 5.26. The number of fused-ring (bicyclic) bond motifs is 1. The second-order valence-electron chi connectivity index (χ2n) is 6.22. The van der Waals surface area contributed by atoms with E-state index in [1.165, 1.54) is 33.0 Å². The summed E-state index contributed by atoms with van der Waals surface area (Å²) in [4.78, 5) is 24.9. The molecular formula is C15H17N5O4S2. The van der Waals surface area contributed by atoms with Crippen molar-refractivity contribution in [3.8, 4) is 5.13 Å². The molecule has 9 nitrogen and oxygen atoms in total. The smallest absolute Gasteiger partial charge is 0.278 e. The number of sulfone groups is 1. The summed E-state index contributed by atoms with van der Waals surface area (Å²) in [5.41, 5.74) is -0.994. The van der Waals surface area contributed by atoms with Crippen LogP contribution in [0.25, 0.3) is 16.2 Å². The fraction of sp³-hybridized carbons (Fsp3) is 0.333. The van der Waals surface area contributed by atoms with Gasteiger partial charge in [-0.15, -0.1) is 17.9 Å². The topological polar surface area (TPSA) is 120 Å². The summed E-state index contributed by atoms with van der Waals surface area (Å²) in [6.07, 6.45) is 3.72. The summed E-state index contributed by atoms with van der Waals surface area (Å²) in [6.45, 7) is 7.00. The molecule has 0 unspecified atom stereocenters. The van der Waals surface area contributed by atoms with Gasteiger partial charge in [-0.2, -0.15) is 4.98 Å². The van der Waals surface area contributed by atoms with E-state index in [2.05, 4.69) is 21.5 Å². The molecule has 0 aliphatic rings. The molecule has 0 aromatic carbocycles. The molecule has 0 fully saturated rings. The van der Waals surface area contributed by atoms with Crippen LogP contribution in [0.5, 0.6) is 0 Å². The number of rotatable bonds is 5. The number of hydrogen-bond acceptors (Lipinski definition) is 8. The van der Waals surface area contributed by atoms with Crippen molar-refractivity contribution in [2.24, 2.45) is 0 Å². The lowest BCUT2D eigenvalue weighted by atomic mass is 10.1. The SMILES string of the molecule is C=CCn1c(=O)c2cnc(S(C)(=O)=O)nc2n1-c1nc(C(C)(C)O)cs1. The quantitative estimate of drug-likeness (QED) is 0.502. The van der Waals surface area contributed by atoms with Crippen molar-refractivity contribution in [1.29, 1.82) is 0 Å². The van der Waals surface area contributed by atoms with Gasteiger partial charge in [0.25, 0.3) is 5.56 Å². The Labute approximate surface area is 153 Å². The van der Waals surface area contributed by atoms with Crippen molar-refractivity contribution in [2.75, 3.05) is 6.26 Å². The lowest BCUT2D eigenvalue weighted by molar-refractivity contribution is 0.0745. The highest BCUT2D eigenvalue weighted by molar-refractivity contribution is 7.90. The van der Waals surface area contributed by atoms with E-state index < -0.39 is 15.4 Å². The molecule has 11 heteroatoms. The van der Waals surface area contributed by atoms with Gasteiger partial charge in [0, 0.05) is 17.8 Å². The van der Waals surface area contributed by atoms with E-state index in [4.69, 9.17) is 0 Å². The van der Waals surface area contributed by atoms with Crippen molar-refractivity contribution < 1.29 is 13.5 Å². The van der Waals surface area contributed by atoms with Crippen LogP contribution in [0.4, 0.5) is 0 Å². The van der Waals surface area contributed by atoms with E-state index in [0.717, 1.165) is 6.26 Å². The molecule has 0 saturated carbocycles. The highest BCUT2D eigenvalue weighted by atomic mass is 32.2. The largest absolute Gasteiger partial charge is 0.384 e. The van der Waals surface area contributed by atoms with Crippen molar-refractivity contribution in [3.05, 3.63) is 40.3 Å². The molecule has 0 aliphatic carbocycles. The van der Waals surface area contributed by atoms with Gasteiger partial charge in [-0.25, -0.2) is 27.7 Å². The molecule has 3 heterocycles. The van der Waals surface area contributed by atoms with Crippen LogP contribution in [-0.4, -0.2) is 44.1 Å². The highest BCUT2D eigenvalue weighted by Crippen LogP contribution is 2.25. The highest BCUT2D eigenvalue weighted by Gasteiger charge is 2.24. The predicted octanol–water partition coefficient (Wildman–Crippen LogP) is 0.856. The molecule has 0 radical (unpaired) electrons. The predicted molar refractivity (Wildman–Crippen MR) is 97.3 cm³/mol. The number of hydrogen-bond donors (Lipinski definition) is 1. The fourth-order valence-corrected chi connectivity index (χ4v) is 3.81. The summed E-state index contributed by atoms with van der Waals surface area (Å²) in [5.74, 6) is 0. The maximum atomic E-state index is 12.7. The first-order chi connectivity index (χ1) is 12.0. The Hall–Kier alpha value is -2.37. The zero-order chi connectivity index (χ0) is 19.3. The van der Waals surface area contributed by atoms with Crippen molar-refractivity contribution in [3.63, 3.8) is 0 Å². The molecule has 0 spiro atoms. The van der Waals surface area contributed by atoms with Gasteiger partial charge in [0.05, 0.1) is 12.2 Å². The summed E-state index contributed by atoms with van der Waals surface area (Å²) in [5, 5.41) is 12.0. The number of nitrogens with zero attached hydrogens (tertiary/aromatic N) is 5. The average molecular weight is 395 g/mol. The third-order valence-electron chi connectivity index (χ3n) is 3.59. The van der Waals surface area contributed by atoms with Crippen LogP contribution in [0.3, 0.4) is 0 Å². The summed E-state index contributed by atoms with van der Waals surface area (Å²) >= 11 is 1.20. The van der Waals surface area contributed by atoms with Crippen LogP contribution in [0.2, 0.25) is 0 Å². The molecular weight excluding hydrogens is 378 g/mol. The summed E-state index contributed by atoms with van der Waals surface area (Å²) < 4.78 is 26.4. The Kier molecular flexibility index (Phi) is 4.33. The Morgan fingerprint density at radius 1 is 1.38 bits per heavy atom. The van der Waals surface area contributed by atoms with Crippen LogP contribution in [0.15, 0.2) is 34.2 Å². The zero-order valence-corrected chi connectivity index (χ0v) is 16.0. The molecule has 0 saturated heterocycles. The van der Waals surface area contributed by atoms with Crippen LogP contribution >= 0.6 is 11.3 Å². The standard InChI is InChI=1S/C15H17N5O4S2/c1-5-6-19-12(21)9-7-16-13(26(4,23)24)18-11(9)20(19)14-17-10(8-25-14)15(2,3)22/h5,7-8,22H,1,6H2,2-4H3. The number of allylic oxidation sites excluding steroid dienone is 1. The molecule has 3 rings (SSSR count). The maximum absolute atomic E-state index is 12.7. The number of thiazole rings is 1. The molecule has 3 aromatic rings. The second-order valence-corrected chi connectivity index (χ2v) is 8.97. The first-order valence-corrected chi connectivity index (χ1v) is 10.3. The van der Waals surface area contributed by atoms with Crippen LogP contribution in [0, 0.1) is 0 Å². The molecule has 26 heavy (non-hydrogen) atoms. The monoisotopic (exact) mass is 395 g/mol. The van der Waals surface area contributed by atoms with Gasteiger partial charge in [0.15, 0.2) is 5.65 Å². The third kappa shape index (κ3) is 3.08. The second kappa shape index (κ2) is 6.11. The van der Waals surface area contributed by atoms with Crippen LogP contribution in [0.1, 0.15) is 19.5 Å². The van der Waals surface area contributed by atoms with E-state index in [1.54, 1.807) is 19.2 Å². The van der Waals surface area contributed by atoms with Crippen molar-refractivity contribution >= 4 is 32.2 Å². The maximum Gasteiger partial charge on any atom is 0.278 e. The Bertz CT molecular complexity index is 1170. The molecule has 0 bridgehead atoms. The van der Waals surface area contributed by atoms with E-state index in [-0.39, 0.29) is 28.3 Å². The van der Waals surface area contributed by atoms with Gasteiger partial charge in [-0.05, 0) is 13.8 Å². The minimum Gasteiger partial charge on any atom is -0.384 e. The molecule has 0 atom stereocenters. The number of aliphatic hydroxyl groups is 1. The van der Waals surface area contributed by atoms with Crippen LogP contribution < -0.4 is 5.56 Å². The molecule has 138 valence electrons. The van der Waals surface area contributed by atoms with Gasteiger partial charge >= 0.3 is 0 Å². The fourth-order valence-electron chi connectivity index (χ4n) is 2.32. The first-order valence-electron chi connectivity index (χ1n) is 7.52. The Balaban J connectivity index is 2.37. The van der Waals surface area contributed by atoms with E-state index in [9.17, 15) is 18.3 Å². The van der Waals surface area contributed by atoms with Gasteiger partial charge in [0.1, 0.15) is 11.0 Å². The average Bonchev–Trinajstić information content (AvgIpc) is 3.11. The lowest BCUT2D eigenvalue weighted by Crippen LogP contribution is -2.22. The van der Waals surface area contributed by atoms with Crippen molar-refractivity contribution in [2.45, 2.75) is 31.1 Å². The van der Waals surface area contributed by atoms with Gasteiger partial charge in [-0.1, -0.05) is 6.08 Å². The van der Waals surface area contributed by atoms with Crippen molar-refractivity contribution in [1.82, 2.24) is 24.3 Å². The lowest BCUT2D eigenvalue weighted by Gasteiger charge is -2.13. The van der Waals surface area contributed by atoms with Gasteiger partial charge in [0.2, 0.25) is 20.1 Å². The molecule has 1 N–H and O–H groups in total. The minimum absolute atomic E-state index is 0.129.